The van der Waals surface area contributed by atoms with Crippen molar-refractivity contribution in [1.82, 2.24) is 5.32 Å². The van der Waals surface area contributed by atoms with Crippen molar-refractivity contribution >= 4 is 34.2 Å². The van der Waals surface area contributed by atoms with Gasteiger partial charge in [-0.05, 0) is 34.5 Å². The summed E-state index contributed by atoms with van der Waals surface area (Å²) in [4.78, 5) is 24.2. The van der Waals surface area contributed by atoms with Crippen LogP contribution in [-0.2, 0) is 27.4 Å². The van der Waals surface area contributed by atoms with Gasteiger partial charge in [0.15, 0.2) is 0 Å². The second-order valence-corrected chi connectivity index (χ2v) is 6.65. The number of amides is 1. The van der Waals surface area contributed by atoms with Crippen LogP contribution in [-0.4, -0.2) is 25.5 Å². The molecule has 3 aromatic carbocycles. The topological polar surface area (TPSA) is 64.6 Å². The first-order chi connectivity index (χ1) is 13.6. The zero-order valence-corrected chi connectivity index (χ0v) is 16.2. The highest BCUT2D eigenvalue weighted by atomic mass is 35.5. The van der Waals surface area contributed by atoms with Gasteiger partial charge in [0.2, 0.25) is 5.91 Å². The maximum absolute atomic E-state index is 12.2. The lowest BCUT2D eigenvalue weighted by molar-refractivity contribution is -0.145. The number of carbonyl (C=O) groups excluding carboxylic acids is 2. The number of carbonyl (C=O) groups is 2. The standard InChI is InChI=1S/C22H20ClNO4/c1-27-20-10-9-18(23)11-17(20)14-28-22(26)13-24-21(25)12-16-7-4-6-15-5-2-3-8-19(15)16/h2-11H,12-14H2,1H3,(H,24,25). The summed E-state index contributed by atoms with van der Waals surface area (Å²) < 4.78 is 10.4. The molecule has 0 saturated heterocycles. The highest BCUT2D eigenvalue weighted by molar-refractivity contribution is 6.30. The number of halogens is 1. The van der Waals surface area contributed by atoms with Gasteiger partial charge in [-0.15, -0.1) is 0 Å². The van der Waals surface area contributed by atoms with Crippen LogP contribution in [0.3, 0.4) is 0 Å². The van der Waals surface area contributed by atoms with E-state index in [-0.39, 0.29) is 25.5 Å². The molecule has 0 radical (unpaired) electrons. The average Bonchev–Trinajstić information content (AvgIpc) is 2.71. The number of rotatable bonds is 7. The maximum Gasteiger partial charge on any atom is 0.325 e. The van der Waals surface area contributed by atoms with Crippen molar-refractivity contribution in [3.63, 3.8) is 0 Å². The molecule has 0 atom stereocenters. The molecule has 0 bridgehead atoms. The first-order valence-corrected chi connectivity index (χ1v) is 9.16. The summed E-state index contributed by atoms with van der Waals surface area (Å²) in [5, 5.41) is 5.22. The third-order valence-corrected chi connectivity index (χ3v) is 4.53. The molecule has 0 aliphatic heterocycles. The summed E-state index contributed by atoms with van der Waals surface area (Å²) in [6.45, 7) is -0.186. The van der Waals surface area contributed by atoms with Gasteiger partial charge in [-0.2, -0.15) is 0 Å². The Morgan fingerprint density at radius 2 is 1.79 bits per heavy atom. The smallest absolute Gasteiger partial charge is 0.325 e. The van der Waals surface area contributed by atoms with Gasteiger partial charge in [0.1, 0.15) is 18.9 Å². The van der Waals surface area contributed by atoms with Crippen molar-refractivity contribution < 1.29 is 19.1 Å². The molecule has 0 aliphatic carbocycles. The number of hydrogen-bond donors (Lipinski definition) is 1. The molecule has 1 amide bonds. The number of fused-ring (bicyclic) bond motifs is 1. The van der Waals surface area contributed by atoms with Gasteiger partial charge in [0.05, 0.1) is 13.5 Å². The van der Waals surface area contributed by atoms with Crippen molar-refractivity contribution in [2.75, 3.05) is 13.7 Å². The summed E-state index contributed by atoms with van der Waals surface area (Å²) in [5.74, 6) is -0.195. The van der Waals surface area contributed by atoms with E-state index in [1.54, 1.807) is 18.2 Å². The minimum Gasteiger partial charge on any atom is -0.496 e. The van der Waals surface area contributed by atoms with Crippen LogP contribution < -0.4 is 10.1 Å². The molecule has 0 spiro atoms. The van der Waals surface area contributed by atoms with Gasteiger partial charge >= 0.3 is 5.97 Å². The van der Waals surface area contributed by atoms with Crippen LogP contribution >= 0.6 is 11.6 Å². The Kier molecular flexibility index (Phi) is 6.50. The Hall–Kier alpha value is -3.05. The fraction of sp³-hybridized carbons (Fsp3) is 0.182. The van der Waals surface area contributed by atoms with Crippen molar-refractivity contribution in [3.05, 3.63) is 76.8 Å². The van der Waals surface area contributed by atoms with Crippen LogP contribution in [0.4, 0.5) is 0 Å². The van der Waals surface area contributed by atoms with Gasteiger partial charge in [-0.25, -0.2) is 0 Å². The minimum atomic E-state index is -0.534. The molecule has 1 N–H and O–H groups in total. The van der Waals surface area contributed by atoms with E-state index in [1.807, 2.05) is 42.5 Å². The fourth-order valence-corrected chi connectivity index (χ4v) is 3.12. The predicted molar refractivity (Wildman–Crippen MR) is 108 cm³/mol. The van der Waals surface area contributed by atoms with E-state index in [4.69, 9.17) is 21.1 Å². The Labute approximate surface area is 168 Å². The second kappa shape index (κ2) is 9.24. The number of methoxy groups -OCH3 is 1. The van der Waals surface area contributed by atoms with Crippen LogP contribution in [0.1, 0.15) is 11.1 Å². The summed E-state index contributed by atoms with van der Waals surface area (Å²) in [6, 6.07) is 18.8. The summed E-state index contributed by atoms with van der Waals surface area (Å²) in [7, 11) is 1.53. The van der Waals surface area contributed by atoms with Crippen LogP contribution in [0, 0.1) is 0 Å². The third-order valence-electron chi connectivity index (χ3n) is 4.29. The Balaban J connectivity index is 1.52. The first kappa shape index (κ1) is 19.7. The van der Waals surface area contributed by atoms with Gasteiger partial charge < -0.3 is 14.8 Å². The van der Waals surface area contributed by atoms with Gasteiger partial charge in [-0.3, -0.25) is 9.59 Å². The lowest BCUT2D eigenvalue weighted by Crippen LogP contribution is -2.31. The molecule has 3 rings (SSSR count). The van der Waals surface area contributed by atoms with Crippen LogP contribution in [0.15, 0.2) is 60.7 Å². The number of nitrogens with one attached hydrogen (secondary N) is 1. The second-order valence-electron chi connectivity index (χ2n) is 6.21. The van der Waals surface area contributed by atoms with E-state index in [0.717, 1.165) is 16.3 Å². The summed E-state index contributed by atoms with van der Waals surface area (Å²) in [6.07, 6.45) is 0.191. The largest absolute Gasteiger partial charge is 0.496 e. The zero-order valence-electron chi connectivity index (χ0n) is 15.4. The number of hydrogen-bond acceptors (Lipinski definition) is 4. The molecule has 144 valence electrons. The van der Waals surface area contributed by atoms with E-state index in [0.29, 0.717) is 16.3 Å². The molecule has 0 aromatic heterocycles. The number of benzene rings is 3. The van der Waals surface area contributed by atoms with E-state index >= 15 is 0 Å². The number of ether oxygens (including phenoxy) is 2. The van der Waals surface area contributed by atoms with Gasteiger partial charge in [0, 0.05) is 10.6 Å². The Bertz CT molecular complexity index is 997. The quantitative estimate of drug-likeness (QED) is 0.614. The SMILES string of the molecule is COc1ccc(Cl)cc1COC(=O)CNC(=O)Cc1cccc2ccccc12. The first-order valence-electron chi connectivity index (χ1n) is 8.78. The maximum atomic E-state index is 12.2. The number of esters is 1. The van der Waals surface area contributed by atoms with E-state index in [2.05, 4.69) is 5.32 Å². The van der Waals surface area contributed by atoms with Crippen molar-refractivity contribution in [3.8, 4) is 5.75 Å². The van der Waals surface area contributed by atoms with Crippen LogP contribution in [0.25, 0.3) is 10.8 Å². The van der Waals surface area contributed by atoms with Gasteiger partial charge in [-0.1, -0.05) is 54.1 Å². The minimum absolute atomic E-state index is 0.0156. The summed E-state index contributed by atoms with van der Waals surface area (Å²) >= 11 is 5.96. The molecule has 0 saturated carbocycles. The summed E-state index contributed by atoms with van der Waals surface area (Å²) in [5.41, 5.74) is 1.57. The van der Waals surface area contributed by atoms with Crippen molar-refractivity contribution in [2.45, 2.75) is 13.0 Å². The van der Waals surface area contributed by atoms with E-state index in [1.165, 1.54) is 7.11 Å². The molecule has 3 aromatic rings. The monoisotopic (exact) mass is 397 g/mol. The fourth-order valence-electron chi connectivity index (χ4n) is 2.92. The van der Waals surface area contributed by atoms with Crippen molar-refractivity contribution in [1.29, 1.82) is 0 Å². The molecule has 0 fully saturated rings. The molecule has 0 heterocycles. The van der Waals surface area contributed by atoms with Crippen molar-refractivity contribution in [2.24, 2.45) is 0 Å². The Morgan fingerprint density at radius 3 is 2.61 bits per heavy atom. The van der Waals surface area contributed by atoms with Crippen LogP contribution in [0.5, 0.6) is 5.75 Å². The van der Waals surface area contributed by atoms with Crippen LogP contribution in [0.2, 0.25) is 5.02 Å². The predicted octanol–water partition coefficient (Wildman–Crippen LogP) is 3.90. The average molecular weight is 398 g/mol. The third kappa shape index (κ3) is 5.02. The molecule has 5 nitrogen and oxygen atoms in total. The van der Waals surface area contributed by atoms with E-state index < -0.39 is 5.97 Å². The normalized spacial score (nSPS) is 10.5. The van der Waals surface area contributed by atoms with E-state index in [9.17, 15) is 9.59 Å². The molecular formula is C22H20ClNO4. The highest BCUT2D eigenvalue weighted by Gasteiger charge is 2.11. The molecule has 6 heteroatoms. The lowest BCUT2D eigenvalue weighted by atomic mass is 10.0. The lowest BCUT2D eigenvalue weighted by Gasteiger charge is -2.11. The molecular weight excluding hydrogens is 378 g/mol. The zero-order chi connectivity index (χ0) is 19.9. The highest BCUT2D eigenvalue weighted by Crippen LogP contribution is 2.23. The Morgan fingerprint density at radius 1 is 1.00 bits per heavy atom. The molecule has 0 unspecified atom stereocenters. The molecule has 0 aliphatic rings. The molecule has 28 heavy (non-hydrogen) atoms. The van der Waals surface area contributed by atoms with Gasteiger partial charge in [0.25, 0.3) is 0 Å².